The average Bonchev–Trinajstić information content (AvgIpc) is 2.29. The summed E-state index contributed by atoms with van der Waals surface area (Å²) in [5.41, 5.74) is 0.489. The van der Waals surface area contributed by atoms with Gasteiger partial charge in [0.1, 0.15) is 5.82 Å². The molecule has 1 aromatic rings. The molecule has 1 unspecified atom stereocenters. The first-order valence-corrected chi connectivity index (χ1v) is 5.69. The number of aliphatic hydroxyl groups is 1. The predicted molar refractivity (Wildman–Crippen MR) is 64.2 cm³/mol. The van der Waals surface area contributed by atoms with E-state index in [4.69, 9.17) is 11.6 Å². The standard InChI is InChI=1S/C12H15ClFNO2/c1-7(2)12(17)15-11(6-16)8-3-4-9(13)10(14)5-8/h3-5,7,11,16H,6H2,1-2H3,(H,15,17). The Bertz CT molecular complexity index is 409. The maximum Gasteiger partial charge on any atom is 0.223 e. The summed E-state index contributed by atoms with van der Waals surface area (Å²) in [4.78, 5) is 11.5. The van der Waals surface area contributed by atoms with Crippen LogP contribution >= 0.6 is 11.6 Å². The SMILES string of the molecule is CC(C)C(=O)NC(CO)c1ccc(Cl)c(F)c1. The highest BCUT2D eigenvalue weighted by atomic mass is 35.5. The largest absolute Gasteiger partial charge is 0.394 e. The minimum absolute atomic E-state index is 0.0145. The van der Waals surface area contributed by atoms with Crippen LogP contribution in [0.15, 0.2) is 18.2 Å². The first-order valence-electron chi connectivity index (χ1n) is 5.32. The second-order valence-electron chi connectivity index (χ2n) is 4.07. The van der Waals surface area contributed by atoms with Crippen molar-refractivity contribution in [3.63, 3.8) is 0 Å². The van der Waals surface area contributed by atoms with Gasteiger partial charge in [-0.3, -0.25) is 4.79 Å². The van der Waals surface area contributed by atoms with Crippen LogP contribution in [0.3, 0.4) is 0 Å². The Morgan fingerprint density at radius 2 is 2.18 bits per heavy atom. The van der Waals surface area contributed by atoms with Gasteiger partial charge in [-0.1, -0.05) is 31.5 Å². The molecule has 1 amide bonds. The van der Waals surface area contributed by atoms with Gasteiger partial charge in [-0.2, -0.15) is 0 Å². The van der Waals surface area contributed by atoms with E-state index in [1.165, 1.54) is 12.1 Å². The van der Waals surface area contributed by atoms with Gasteiger partial charge in [0.2, 0.25) is 5.91 Å². The number of carbonyl (C=O) groups is 1. The normalized spacial score (nSPS) is 12.6. The van der Waals surface area contributed by atoms with Gasteiger partial charge in [-0.25, -0.2) is 4.39 Å². The topological polar surface area (TPSA) is 49.3 Å². The van der Waals surface area contributed by atoms with Crippen molar-refractivity contribution in [2.45, 2.75) is 19.9 Å². The third-order valence-electron chi connectivity index (χ3n) is 2.37. The molecule has 0 saturated heterocycles. The number of carbonyl (C=O) groups excluding carboxylic acids is 1. The molecule has 3 nitrogen and oxygen atoms in total. The number of benzene rings is 1. The zero-order valence-electron chi connectivity index (χ0n) is 9.71. The van der Waals surface area contributed by atoms with Crippen LogP contribution in [0.4, 0.5) is 4.39 Å². The lowest BCUT2D eigenvalue weighted by molar-refractivity contribution is -0.125. The fourth-order valence-electron chi connectivity index (χ4n) is 1.30. The van der Waals surface area contributed by atoms with Crippen LogP contribution in [0.1, 0.15) is 25.5 Å². The summed E-state index contributed by atoms with van der Waals surface area (Å²) >= 11 is 5.56. The second kappa shape index (κ2) is 5.98. The lowest BCUT2D eigenvalue weighted by Gasteiger charge is -2.18. The lowest BCUT2D eigenvalue weighted by Crippen LogP contribution is -2.33. The second-order valence-corrected chi connectivity index (χ2v) is 4.48. The molecule has 0 heterocycles. The van der Waals surface area contributed by atoms with Crippen molar-refractivity contribution in [3.05, 3.63) is 34.6 Å². The number of nitrogens with one attached hydrogen (secondary N) is 1. The van der Waals surface area contributed by atoms with Gasteiger partial charge < -0.3 is 10.4 Å². The molecule has 2 N–H and O–H groups in total. The molecule has 0 spiro atoms. The van der Waals surface area contributed by atoms with Crippen molar-refractivity contribution in [1.29, 1.82) is 0 Å². The molecule has 1 aromatic carbocycles. The Balaban J connectivity index is 2.86. The van der Waals surface area contributed by atoms with Crippen LogP contribution in [0, 0.1) is 11.7 Å². The van der Waals surface area contributed by atoms with E-state index in [1.807, 2.05) is 0 Å². The average molecular weight is 260 g/mol. The zero-order chi connectivity index (χ0) is 13.0. The smallest absolute Gasteiger partial charge is 0.223 e. The summed E-state index contributed by atoms with van der Waals surface area (Å²) in [5.74, 6) is -0.956. The molecular weight excluding hydrogens is 245 g/mol. The van der Waals surface area contributed by atoms with E-state index in [2.05, 4.69) is 5.32 Å². The van der Waals surface area contributed by atoms with Crippen molar-refractivity contribution < 1.29 is 14.3 Å². The van der Waals surface area contributed by atoms with Crippen LogP contribution in [0.2, 0.25) is 5.02 Å². The summed E-state index contributed by atoms with van der Waals surface area (Å²) in [6.45, 7) is 3.19. The van der Waals surface area contributed by atoms with Crippen molar-refractivity contribution >= 4 is 17.5 Å². The molecule has 5 heteroatoms. The van der Waals surface area contributed by atoms with Gasteiger partial charge in [0.25, 0.3) is 0 Å². The summed E-state index contributed by atoms with van der Waals surface area (Å²) in [5, 5.41) is 11.8. The predicted octanol–water partition coefficient (Wildman–Crippen LogP) is 2.28. The van der Waals surface area contributed by atoms with Crippen LogP contribution in [0.5, 0.6) is 0 Å². The van der Waals surface area contributed by atoms with E-state index in [9.17, 15) is 14.3 Å². The number of aliphatic hydroxyl groups excluding tert-OH is 1. The number of hydrogen-bond donors (Lipinski definition) is 2. The lowest BCUT2D eigenvalue weighted by atomic mass is 10.1. The molecular formula is C12H15ClFNO2. The Labute approximate surface area is 105 Å². The third-order valence-corrected chi connectivity index (χ3v) is 2.68. The maximum absolute atomic E-state index is 13.2. The van der Waals surface area contributed by atoms with Crippen molar-refractivity contribution in [3.8, 4) is 0 Å². The van der Waals surface area contributed by atoms with Crippen molar-refractivity contribution in [2.24, 2.45) is 5.92 Å². The Hall–Kier alpha value is -1.13. The fraction of sp³-hybridized carbons (Fsp3) is 0.417. The highest BCUT2D eigenvalue weighted by Crippen LogP contribution is 2.20. The minimum atomic E-state index is -0.614. The van der Waals surface area contributed by atoms with Gasteiger partial charge in [-0.15, -0.1) is 0 Å². The molecule has 0 saturated carbocycles. The zero-order valence-corrected chi connectivity index (χ0v) is 10.5. The quantitative estimate of drug-likeness (QED) is 0.872. The molecule has 0 radical (unpaired) electrons. The van der Waals surface area contributed by atoms with E-state index in [0.29, 0.717) is 5.56 Å². The Morgan fingerprint density at radius 3 is 2.65 bits per heavy atom. The Morgan fingerprint density at radius 1 is 1.53 bits per heavy atom. The van der Waals surface area contributed by atoms with Gasteiger partial charge in [0, 0.05) is 5.92 Å². The van der Waals surface area contributed by atoms with Crippen molar-refractivity contribution in [2.75, 3.05) is 6.61 Å². The molecule has 0 aliphatic rings. The van der Waals surface area contributed by atoms with E-state index < -0.39 is 11.9 Å². The number of halogens is 2. The molecule has 0 fully saturated rings. The van der Waals surface area contributed by atoms with Crippen LogP contribution in [0.25, 0.3) is 0 Å². The van der Waals surface area contributed by atoms with Crippen molar-refractivity contribution in [1.82, 2.24) is 5.32 Å². The minimum Gasteiger partial charge on any atom is -0.394 e. The first kappa shape index (κ1) is 13.9. The number of rotatable bonds is 4. The maximum atomic E-state index is 13.2. The molecule has 1 atom stereocenters. The fourth-order valence-corrected chi connectivity index (χ4v) is 1.42. The van der Waals surface area contributed by atoms with Gasteiger partial charge in [0.15, 0.2) is 0 Å². The summed E-state index contributed by atoms with van der Waals surface area (Å²) in [6, 6.07) is 3.57. The number of amides is 1. The highest BCUT2D eigenvalue weighted by Gasteiger charge is 2.16. The highest BCUT2D eigenvalue weighted by molar-refractivity contribution is 6.30. The molecule has 94 valence electrons. The molecule has 0 bridgehead atoms. The van der Waals surface area contributed by atoms with Crippen LogP contribution < -0.4 is 5.32 Å². The summed E-state index contributed by atoms with van der Waals surface area (Å²) in [6.07, 6.45) is 0. The first-order chi connectivity index (χ1) is 7.95. The van der Waals surface area contributed by atoms with Gasteiger partial charge in [0.05, 0.1) is 17.7 Å². The van der Waals surface area contributed by atoms with Gasteiger partial charge in [-0.05, 0) is 17.7 Å². The molecule has 0 aromatic heterocycles. The van der Waals surface area contributed by atoms with Crippen LogP contribution in [-0.2, 0) is 4.79 Å². The molecule has 0 aliphatic carbocycles. The molecule has 17 heavy (non-hydrogen) atoms. The van der Waals surface area contributed by atoms with Crippen LogP contribution in [-0.4, -0.2) is 17.6 Å². The van der Waals surface area contributed by atoms with E-state index in [0.717, 1.165) is 0 Å². The van der Waals surface area contributed by atoms with E-state index in [1.54, 1.807) is 19.9 Å². The monoisotopic (exact) mass is 259 g/mol. The molecule has 0 aliphatic heterocycles. The van der Waals surface area contributed by atoms with Gasteiger partial charge >= 0.3 is 0 Å². The molecule has 1 rings (SSSR count). The van der Waals surface area contributed by atoms with E-state index >= 15 is 0 Å². The summed E-state index contributed by atoms with van der Waals surface area (Å²) in [7, 11) is 0. The Kier molecular flexibility index (Phi) is 4.90. The summed E-state index contributed by atoms with van der Waals surface area (Å²) < 4.78 is 13.2. The third kappa shape index (κ3) is 3.68. The number of hydrogen-bond acceptors (Lipinski definition) is 2. The van der Waals surface area contributed by atoms with E-state index in [-0.39, 0.29) is 23.5 Å².